The van der Waals surface area contributed by atoms with Crippen LogP contribution in [-0.2, 0) is 12.8 Å². The number of rotatable bonds is 4. The minimum absolute atomic E-state index is 0.403. The minimum atomic E-state index is -0.403. The maximum absolute atomic E-state index is 10.3. The van der Waals surface area contributed by atoms with Gasteiger partial charge in [0, 0.05) is 17.5 Å². The van der Waals surface area contributed by atoms with Crippen LogP contribution in [0.5, 0.6) is 0 Å². The summed E-state index contributed by atoms with van der Waals surface area (Å²) in [5, 5.41) is 11.4. The van der Waals surface area contributed by atoms with Gasteiger partial charge in [-0.05, 0) is 36.6 Å². The Hall–Kier alpha value is -2.19. The van der Waals surface area contributed by atoms with Crippen LogP contribution >= 0.6 is 0 Å². The van der Waals surface area contributed by atoms with Gasteiger partial charge < -0.3 is 5.11 Å². The van der Waals surface area contributed by atoms with Crippen LogP contribution < -0.4 is 0 Å². The van der Waals surface area contributed by atoms with E-state index in [1.54, 1.807) is 0 Å². The number of hydrogen-bond donors (Lipinski definition) is 1. The molecule has 1 N–H and O–H groups in total. The van der Waals surface area contributed by atoms with Crippen LogP contribution in [0.3, 0.4) is 0 Å². The van der Waals surface area contributed by atoms with Crippen molar-refractivity contribution in [1.29, 1.82) is 0 Å². The van der Waals surface area contributed by atoms with Crippen molar-refractivity contribution in [3.8, 4) is 0 Å². The minimum Gasteiger partial charge on any atom is -0.392 e. The lowest BCUT2D eigenvalue weighted by Crippen LogP contribution is -2.15. The van der Waals surface area contributed by atoms with Gasteiger partial charge in [-0.3, -0.25) is 4.98 Å². The molecule has 1 aromatic heterocycles. The number of aliphatic hydroxyl groups is 1. The fourth-order valence-corrected chi connectivity index (χ4v) is 2.63. The summed E-state index contributed by atoms with van der Waals surface area (Å²) in [4.78, 5) is 4.62. The molecule has 0 saturated carbocycles. The van der Waals surface area contributed by atoms with Crippen LogP contribution in [0.15, 0.2) is 60.7 Å². The molecule has 0 amide bonds. The summed E-state index contributed by atoms with van der Waals surface area (Å²) < 4.78 is 0. The Bertz CT molecular complexity index is 751. The summed E-state index contributed by atoms with van der Waals surface area (Å²) in [5.74, 6) is 0. The molecule has 0 radical (unpaired) electrons. The molecule has 3 aromatic rings. The third kappa shape index (κ3) is 3.29. The number of aliphatic hydroxyl groups excluding tert-OH is 1. The van der Waals surface area contributed by atoms with Gasteiger partial charge in [-0.2, -0.15) is 0 Å². The van der Waals surface area contributed by atoms with Crippen molar-refractivity contribution in [2.24, 2.45) is 0 Å². The highest BCUT2D eigenvalue weighted by molar-refractivity contribution is 5.78. The van der Waals surface area contributed by atoms with E-state index < -0.39 is 6.10 Å². The Morgan fingerprint density at radius 2 is 1.67 bits per heavy atom. The molecule has 106 valence electrons. The molecule has 0 fully saturated rings. The Morgan fingerprint density at radius 3 is 2.52 bits per heavy atom. The summed E-state index contributed by atoms with van der Waals surface area (Å²) in [6.45, 7) is 2.08. The Labute approximate surface area is 125 Å². The molecule has 1 heterocycles. The van der Waals surface area contributed by atoms with Crippen molar-refractivity contribution in [2.75, 3.05) is 0 Å². The molecule has 3 rings (SSSR count). The molecule has 0 aliphatic carbocycles. The first-order valence-corrected chi connectivity index (χ1v) is 7.29. The lowest BCUT2D eigenvalue weighted by molar-refractivity contribution is 0.174. The topological polar surface area (TPSA) is 33.1 Å². The summed E-state index contributed by atoms with van der Waals surface area (Å²) >= 11 is 0. The molecule has 21 heavy (non-hydrogen) atoms. The molecule has 2 aromatic carbocycles. The third-order valence-corrected chi connectivity index (χ3v) is 3.82. The zero-order valence-electron chi connectivity index (χ0n) is 12.2. The van der Waals surface area contributed by atoms with Gasteiger partial charge in [0.25, 0.3) is 0 Å². The zero-order chi connectivity index (χ0) is 14.7. The highest BCUT2D eigenvalue weighted by Crippen LogP contribution is 2.15. The zero-order valence-corrected chi connectivity index (χ0v) is 12.2. The van der Waals surface area contributed by atoms with Crippen molar-refractivity contribution in [1.82, 2.24) is 4.98 Å². The van der Waals surface area contributed by atoms with Gasteiger partial charge in [0.2, 0.25) is 0 Å². The van der Waals surface area contributed by atoms with Crippen molar-refractivity contribution in [3.63, 3.8) is 0 Å². The molecular formula is C19H19NO. The molecule has 0 bridgehead atoms. The van der Waals surface area contributed by atoms with E-state index in [-0.39, 0.29) is 0 Å². The van der Waals surface area contributed by atoms with Crippen molar-refractivity contribution >= 4 is 10.9 Å². The van der Waals surface area contributed by atoms with Gasteiger partial charge in [-0.15, -0.1) is 0 Å². The third-order valence-electron chi connectivity index (χ3n) is 3.82. The van der Waals surface area contributed by atoms with Gasteiger partial charge in [-0.1, -0.05) is 48.5 Å². The predicted molar refractivity (Wildman–Crippen MR) is 86.3 cm³/mol. The average Bonchev–Trinajstić information content (AvgIpc) is 2.49. The summed E-state index contributed by atoms with van der Waals surface area (Å²) in [5.41, 5.74) is 4.35. The molecule has 2 nitrogen and oxygen atoms in total. The van der Waals surface area contributed by atoms with Crippen LogP contribution in [0.2, 0.25) is 0 Å². The van der Waals surface area contributed by atoms with Crippen LogP contribution in [0.1, 0.15) is 16.8 Å². The molecule has 0 spiro atoms. The summed E-state index contributed by atoms with van der Waals surface area (Å²) in [6, 6.07) is 20.3. The normalized spacial score (nSPS) is 12.5. The van der Waals surface area contributed by atoms with E-state index in [4.69, 9.17) is 0 Å². The van der Waals surface area contributed by atoms with Crippen molar-refractivity contribution in [3.05, 3.63) is 77.5 Å². The number of aromatic nitrogens is 1. The second kappa shape index (κ2) is 6.06. The van der Waals surface area contributed by atoms with Crippen molar-refractivity contribution < 1.29 is 5.11 Å². The van der Waals surface area contributed by atoms with Gasteiger partial charge >= 0.3 is 0 Å². The van der Waals surface area contributed by atoms with E-state index in [2.05, 4.69) is 36.2 Å². The smallest absolute Gasteiger partial charge is 0.0705 e. The quantitative estimate of drug-likeness (QED) is 0.789. The van der Waals surface area contributed by atoms with E-state index in [0.29, 0.717) is 12.8 Å². The Balaban J connectivity index is 1.74. The molecule has 1 unspecified atom stereocenters. The fraction of sp³-hybridized carbons (Fsp3) is 0.211. The van der Waals surface area contributed by atoms with Crippen LogP contribution in [0.25, 0.3) is 10.9 Å². The van der Waals surface area contributed by atoms with Crippen LogP contribution in [0, 0.1) is 6.92 Å². The Morgan fingerprint density at radius 1 is 0.905 bits per heavy atom. The summed E-state index contributed by atoms with van der Waals surface area (Å²) in [7, 11) is 0. The average molecular weight is 277 g/mol. The lowest BCUT2D eigenvalue weighted by Gasteiger charge is -2.12. The number of nitrogens with zero attached hydrogens (tertiary/aromatic N) is 1. The number of fused-ring (bicyclic) bond motifs is 1. The first kappa shape index (κ1) is 13.8. The van der Waals surface area contributed by atoms with Crippen molar-refractivity contribution in [2.45, 2.75) is 25.9 Å². The van der Waals surface area contributed by atoms with E-state index in [1.807, 2.05) is 36.4 Å². The van der Waals surface area contributed by atoms with Gasteiger partial charge in [0.1, 0.15) is 0 Å². The number of pyridine rings is 1. The lowest BCUT2D eigenvalue weighted by atomic mass is 10.00. The molecule has 0 aliphatic heterocycles. The largest absolute Gasteiger partial charge is 0.392 e. The van der Waals surface area contributed by atoms with E-state index >= 15 is 0 Å². The number of aryl methyl sites for hydroxylation is 1. The molecule has 0 saturated heterocycles. The maximum Gasteiger partial charge on any atom is 0.0705 e. The standard InChI is InChI=1S/C19H19NO/c1-14-6-2-3-8-16(14)12-18(21)13-17-11-10-15-7-4-5-9-19(15)20-17/h2-11,18,21H,12-13H2,1H3. The first-order valence-electron chi connectivity index (χ1n) is 7.29. The fourth-order valence-electron chi connectivity index (χ4n) is 2.63. The van der Waals surface area contributed by atoms with E-state index in [1.165, 1.54) is 11.1 Å². The van der Waals surface area contributed by atoms with E-state index in [0.717, 1.165) is 16.6 Å². The highest BCUT2D eigenvalue weighted by Gasteiger charge is 2.09. The van der Waals surface area contributed by atoms with Crippen LogP contribution in [0.4, 0.5) is 0 Å². The number of hydrogen-bond acceptors (Lipinski definition) is 2. The second-order valence-electron chi connectivity index (χ2n) is 5.48. The van der Waals surface area contributed by atoms with Crippen LogP contribution in [-0.4, -0.2) is 16.2 Å². The first-order chi connectivity index (χ1) is 10.2. The maximum atomic E-state index is 10.3. The van der Waals surface area contributed by atoms with Gasteiger partial charge in [-0.25, -0.2) is 0 Å². The summed E-state index contributed by atoms with van der Waals surface area (Å²) in [6.07, 6.45) is 0.847. The Kier molecular flexibility index (Phi) is 3.98. The van der Waals surface area contributed by atoms with Gasteiger partial charge in [0.05, 0.1) is 11.6 Å². The molecule has 2 heteroatoms. The highest BCUT2D eigenvalue weighted by atomic mass is 16.3. The molecule has 1 atom stereocenters. The van der Waals surface area contributed by atoms with Gasteiger partial charge in [0.15, 0.2) is 0 Å². The van der Waals surface area contributed by atoms with E-state index in [9.17, 15) is 5.11 Å². The second-order valence-corrected chi connectivity index (χ2v) is 5.48. The monoisotopic (exact) mass is 277 g/mol. The SMILES string of the molecule is Cc1ccccc1CC(O)Cc1ccc2ccccc2n1. The number of benzene rings is 2. The number of para-hydroxylation sites is 1. The molecule has 0 aliphatic rings. The predicted octanol–water partition coefficient (Wildman–Crippen LogP) is 3.69. The molecular weight excluding hydrogens is 258 g/mol.